The van der Waals surface area contributed by atoms with E-state index < -0.39 is 0 Å². The fraction of sp³-hybridized carbons (Fsp3) is 0.188. The van der Waals surface area contributed by atoms with Crippen LogP contribution < -0.4 is 10.6 Å². The molecular weight excluding hydrogens is 392 g/mol. The van der Waals surface area contributed by atoms with Gasteiger partial charge in [0.25, 0.3) is 5.91 Å². The minimum Gasteiger partial charge on any atom is -0.352 e. The molecule has 0 aliphatic rings. The van der Waals surface area contributed by atoms with E-state index in [-0.39, 0.29) is 18.2 Å². The average molecular weight is 407 g/mol. The number of nitrogens with zero attached hydrogens (tertiary/aromatic N) is 2. The van der Waals surface area contributed by atoms with Crippen LogP contribution in [0.2, 0.25) is 0 Å². The lowest BCUT2D eigenvalue weighted by atomic mass is 10.2. The molecule has 0 aliphatic heterocycles. The van der Waals surface area contributed by atoms with E-state index in [9.17, 15) is 9.59 Å². The zero-order valence-corrected chi connectivity index (χ0v) is 15.1. The van der Waals surface area contributed by atoms with Crippen molar-refractivity contribution >= 4 is 44.0 Å². The fourth-order valence-electron chi connectivity index (χ4n) is 2.13. The Morgan fingerprint density at radius 2 is 2.00 bits per heavy atom. The van der Waals surface area contributed by atoms with Crippen molar-refractivity contribution in [1.82, 2.24) is 20.0 Å². The predicted octanol–water partition coefficient (Wildman–Crippen LogP) is 2.59. The minimum absolute atomic E-state index is 0.123. The van der Waals surface area contributed by atoms with E-state index in [0.29, 0.717) is 18.7 Å². The molecule has 0 spiro atoms. The second-order valence-electron chi connectivity index (χ2n) is 5.11. The summed E-state index contributed by atoms with van der Waals surface area (Å²) in [6.07, 6.45) is 4.04. The Balaban J connectivity index is 1.40. The first kappa shape index (κ1) is 16.7. The van der Waals surface area contributed by atoms with Gasteiger partial charge in [0.1, 0.15) is 0 Å². The first-order chi connectivity index (χ1) is 11.6. The molecule has 0 fully saturated rings. The topological polar surface area (TPSA) is 75.5 Å². The van der Waals surface area contributed by atoms with Crippen molar-refractivity contribution in [3.63, 3.8) is 0 Å². The number of imidazole rings is 1. The second kappa shape index (κ2) is 7.59. The smallest absolute Gasteiger partial charge is 0.251 e. The van der Waals surface area contributed by atoms with E-state index in [2.05, 4.69) is 31.5 Å². The van der Waals surface area contributed by atoms with E-state index >= 15 is 0 Å². The lowest BCUT2D eigenvalue weighted by molar-refractivity contribution is -0.121. The largest absolute Gasteiger partial charge is 0.352 e. The van der Waals surface area contributed by atoms with Crippen LogP contribution in [-0.2, 0) is 11.3 Å². The van der Waals surface area contributed by atoms with Crippen molar-refractivity contribution in [2.45, 2.75) is 13.0 Å². The lowest BCUT2D eigenvalue weighted by Gasteiger charge is -2.06. The second-order valence-corrected chi connectivity index (χ2v) is 6.90. The summed E-state index contributed by atoms with van der Waals surface area (Å²) in [6, 6.07) is 7.06. The summed E-state index contributed by atoms with van der Waals surface area (Å²) >= 11 is 4.87. The highest BCUT2D eigenvalue weighted by Crippen LogP contribution is 2.11. The van der Waals surface area contributed by atoms with Gasteiger partial charge in [-0.2, -0.15) is 0 Å². The van der Waals surface area contributed by atoms with Gasteiger partial charge in [-0.25, -0.2) is 4.98 Å². The van der Waals surface area contributed by atoms with Gasteiger partial charge in [0.2, 0.25) is 5.91 Å². The number of amides is 2. The van der Waals surface area contributed by atoms with E-state index in [0.717, 1.165) is 15.1 Å². The third-order valence-electron chi connectivity index (χ3n) is 3.35. The van der Waals surface area contributed by atoms with Gasteiger partial charge in [0, 0.05) is 40.8 Å². The van der Waals surface area contributed by atoms with Crippen molar-refractivity contribution < 1.29 is 9.59 Å². The summed E-state index contributed by atoms with van der Waals surface area (Å²) in [5.41, 5.74) is 1.38. The number of rotatable bonds is 6. The summed E-state index contributed by atoms with van der Waals surface area (Å²) in [5, 5.41) is 7.49. The number of carbonyl (C=O) groups is 2. The first-order valence-corrected chi connectivity index (χ1v) is 9.00. The Bertz CT molecular complexity index is 828. The van der Waals surface area contributed by atoms with Crippen molar-refractivity contribution in [2.75, 3.05) is 6.54 Å². The molecule has 24 heavy (non-hydrogen) atoms. The summed E-state index contributed by atoms with van der Waals surface area (Å²) in [6.45, 7) is 0.674. The number of thiazole rings is 1. The Morgan fingerprint density at radius 3 is 2.75 bits per heavy atom. The quantitative estimate of drug-likeness (QED) is 0.660. The van der Waals surface area contributed by atoms with E-state index in [1.807, 2.05) is 22.2 Å². The zero-order chi connectivity index (χ0) is 16.9. The summed E-state index contributed by atoms with van der Waals surface area (Å²) in [7, 11) is 0. The standard InChI is InChI=1S/C16H15BrN4O2S/c17-12-3-1-11(2-4-12)15(23)18-6-5-14(22)19-9-13-10-21-7-8-24-16(21)20-13/h1-4,7-8,10H,5-6,9H2,(H,18,23)(H,19,22). The molecular formula is C16H15BrN4O2S. The number of carbonyl (C=O) groups excluding carboxylic acids is 2. The molecule has 1 aromatic carbocycles. The normalized spacial score (nSPS) is 10.7. The van der Waals surface area contributed by atoms with Crippen LogP contribution in [0.15, 0.2) is 46.5 Å². The van der Waals surface area contributed by atoms with Gasteiger partial charge in [-0.1, -0.05) is 15.9 Å². The van der Waals surface area contributed by atoms with Gasteiger partial charge in [0.15, 0.2) is 4.96 Å². The van der Waals surface area contributed by atoms with Crippen LogP contribution in [-0.4, -0.2) is 27.7 Å². The van der Waals surface area contributed by atoms with Crippen molar-refractivity contribution in [3.05, 3.63) is 57.8 Å². The van der Waals surface area contributed by atoms with Crippen LogP contribution in [0.3, 0.4) is 0 Å². The van der Waals surface area contributed by atoms with Crippen LogP contribution in [0.4, 0.5) is 0 Å². The van der Waals surface area contributed by atoms with Gasteiger partial charge in [-0.15, -0.1) is 11.3 Å². The third-order valence-corrected chi connectivity index (χ3v) is 4.65. The minimum atomic E-state index is -0.190. The Labute approximate surface area is 151 Å². The maximum Gasteiger partial charge on any atom is 0.251 e. The molecule has 0 radical (unpaired) electrons. The number of aromatic nitrogens is 2. The Morgan fingerprint density at radius 1 is 1.21 bits per heavy atom. The number of hydrogen-bond acceptors (Lipinski definition) is 4. The van der Waals surface area contributed by atoms with Crippen molar-refractivity contribution in [3.8, 4) is 0 Å². The van der Waals surface area contributed by atoms with Gasteiger partial charge in [0.05, 0.1) is 12.2 Å². The molecule has 0 atom stereocenters. The highest BCUT2D eigenvalue weighted by atomic mass is 79.9. The molecule has 124 valence electrons. The monoisotopic (exact) mass is 406 g/mol. The van der Waals surface area contributed by atoms with Gasteiger partial charge in [-0.05, 0) is 24.3 Å². The summed E-state index contributed by atoms with van der Waals surface area (Å²) < 4.78 is 2.84. The maximum absolute atomic E-state index is 11.9. The third kappa shape index (κ3) is 4.21. The lowest BCUT2D eigenvalue weighted by Crippen LogP contribution is -2.30. The van der Waals surface area contributed by atoms with Gasteiger partial charge >= 0.3 is 0 Å². The number of fused-ring (bicyclic) bond motifs is 1. The number of nitrogens with one attached hydrogen (secondary N) is 2. The van der Waals surface area contributed by atoms with E-state index in [1.54, 1.807) is 35.6 Å². The van der Waals surface area contributed by atoms with Crippen LogP contribution in [0.25, 0.3) is 4.96 Å². The molecule has 0 saturated heterocycles. The van der Waals surface area contributed by atoms with Crippen molar-refractivity contribution in [2.24, 2.45) is 0 Å². The van der Waals surface area contributed by atoms with E-state index in [4.69, 9.17) is 0 Å². The molecule has 0 saturated carbocycles. The molecule has 2 amide bonds. The van der Waals surface area contributed by atoms with Gasteiger partial charge < -0.3 is 10.6 Å². The molecule has 2 heterocycles. The van der Waals surface area contributed by atoms with Crippen LogP contribution in [0.5, 0.6) is 0 Å². The first-order valence-electron chi connectivity index (χ1n) is 7.33. The molecule has 2 aromatic heterocycles. The summed E-state index contributed by atoms with van der Waals surface area (Å²) in [5.74, 6) is -0.313. The summed E-state index contributed by atoms with van der Waals surface area (Å²) in [4.78, 5) is 29.0. The Hall–Kier alpha value is -2.19. The molecule has 8 heteroatoms. The van der Waals surface area contributed by atoms with Crippen molar-refractivity contribution in [1.29, 1.82) is 0 Å². The maximum atomic E-state index is 11.9. The predicted molar refractivity (Wildman–Crippen MR) is 96.0 cm³/mol. The fourth-order valence-corrected chi connectivity index (χ4v) is 3.11. The SMILES string of the molecule is O=C(CCNC(=O)c1ccc(Br)cc1)NCc1cn2ccsc2n1. The average Bonchev–Trinajstić information content (AvgIpc) is 3.15. The van der Waals surface area contributed by atoms with Crippen LogP contribution >= 0.6 is 27.3 Å². The molecule has 3 rings (SSSR count). The molecule has 0 aliphatic carbocycles. The molecule has 6 nitrogen and oxygen atoms in total. The highest BCUT2D eigenvalue weighted by molar-refractivity contribution is 9.10. The Kier molecular flexibility index (Phi) is 5.27. The number of halogens is 1. The number of benzene rings is 1. The highest BCUT2D eigenvalue weighted by Gasteiger charge is 2.08. The number of hydrogen-bond donors (Lipinski definition) is 2. The molecule has 2 N–H and O–H groups in total. The van der Waals surface area contributed by atoms with Gasteiger partial charge in [-0.3, -0.25) is 14.0 Å². The zero-order valence-electron chi connectivity index (χ0n) is 12.7. The molecule has 0 bridgehead atoms. The van der Waals surface area contributed by atoms with E-state index in [1.165, 1.54) is 0 Å². The molecule has 0 unspecified atom stereocenters. The van der Waals surface area contributed by atoms with Crippen LogP contribution in [0.1, 0.15) is 22.5 Å². The molecule has 3 aromatic rings. The van der Waals surface area contributed by atoms with Crippen LogP contribution in [0, 0.1) is 0 Å².